The molecule has 25 heavy (non-hydrogen) atoms. The first-order valence-corrected chi connectivity index (χ1v) is 8.75. The van der Waals surface area contributed by atoms with Gasteiger partial charge in [-0.3, -0.25) is 0 Å². The predicted molar refractivity (Wildman–Crippen MR) is 105 cm³/mol. The van der Waals surface area contributed by atoms with Crippen molar-refractivity contribution in [3.05, 3.63) is 70.8 Å². The Balaban J connectivity index is 1.55. The number of nitrogens with zero attached hydrogens (tertiary/aromatic N) is 2. The molecule has 0 fully saturated rings. The van der Waals surface area contributed by atoms with Crippen LogP contribution in [0.4, 0.5) is 17.5 Å². The Morgan fingerprint density at radius 2 is 1.76 bits per heavy atom. The summed E-state index contributed by atoms with van der Waals surface area (Å²) >= 11 is 3.42. The number of methoxy groups -OCH3 is 1. The minimum atomic E-state index is 0.566. The molecular formula is C19H19BrN4O. The third-order valence-corrected chi connectivity index (χ3v) is 4.16. The van der Waals surface area contributed by atoms with Crippen LogP contribution < -0.4 is 15.4 Å². The Morgan fingerprint density at radius 3 is 2.48 bits per heavy atom. The lowest BCUT2D eigenvalue weighted by Crippen LogP contribution is -2.07. The van der Waals surface area contributed by atoms with Gasteiger partial charge in [0, 0.05) is 22.9 Å². The first-order chi connectivity index (χ1) is 12.2. The summed E-state index contributed by atoms with van der Waals surface area (Å²) in [6.45, 7) is 0.793. The summed E-state index contributed by atoms with van der Waals surface area (Å²) in [5, 5.41) is 6.52. The van der Waals surface area contributed by atoms with Crippen molar-refractivity contribution in [2.45, 2.75) is 6.42 Å². The Kier molecular flexibility index (Phi) is 5.85. The van der Waals surface area contributed by atoms with Gasteiger partial charge in [-0.1, -0.05) is 28.1 Å². The van der Waals surface area contributed by atoms with E-state index in [9.17, 15) is 0 Å². The van der Waals surface area contributed by atoms with Crippen LogP contribution in [0.3, 0.4) is 0 Å². The van der Waals surface area contributed by atoms with Gasteiger partial charge in [0.05, 0.1) is 7.11 Å². The molecule has 0 aliphatic carbocycles. The standard InChI is InChI=1S/C19H19BrN4O/c1-25-17-8-2-14(3-9-17)10-12-21-18-11-13-22-19(24-18)23-16-6-4-15(20)5-7-16/h2-9,11,13H,10,12H2,1H3,(H2,21,22,23,24). The minimum absolute atomic E-state index is 0.566. The van der Waals surface area contributed by atoms with Crippen molar-refractivity contribution >= 4 is 33.4 Å². The molecule has 6 heteroatoms. The van der Waals surface area contributed by atoms with E-state index in [0.29, 0.717) is 5.95 Å². The second-order valence-corrected chi connectivity index (χ2v) is 6.34. The molecule has 2 N–H and O–H groups in total. The van der Waals surface area contributed by atoms with E-state index in [1.807, 2.05) is 42.5 Å². The first kappa shape index (κ1) is 17.2. The number of hydrogen-bond donors (Lipinski definition) is 2. The summed E-state index contributed by atoms with van der Waals surface area (Å²) in [6, 6.07) is 17.8. The molecule has 0 radical (unpaired) electrons. The molecule has 0 unspecified atom stereocenters. The molecular weight excluding hydrogens is 380 g/mol. The highest BCUT2D eigenvalue weighted by Gasteiger charge is 2.01. The Morgan fingerprint density at radius 1 is 1.00 bits per heavy atom. The maximum absolute atomic E-state index is 5.17. The summed E-state index contributed by atoms with van der Waals surface area (Å²) in [6.07, 6.45) is 2.65. The molecule has 5 nitrogen and oxygen atoms in total. The lowest BCUT2D eigenvalue weighted by molar-refractivity contribution is 0.414. The average Bonchev–Trinajstić information content (AvgIpc) is 2.65. The van der Waals surface area contributed by atoms with E-state index in [2.05, 4.69) is 48.7 Å². The number of nitrogens with one attached hydrogen (secondary N) is 2. The average molecular weight is 399 g/mol. The zero-order chi connectivity index (χ0) is 17.5. The van der Waals surface area contributed by atoms with Crippen molar-refractivity contribution in [3.63, 3.8) is 0 Å². The maximum atomic E-state index is 5.17. The normalized spacial score (nSPS) is 10.3. The number of aromatic nitrogens is 2. The van der Waals surface area contributed by atoms with E-state index in [4.69, 9.17) is 4.74 Å². The van der Waals surface area contributed by atoms with Crippen LogP contribution in [-0.4, -0.2) is 23.6 Å². The fourth-order valence-corrected chi connectivity index (χ4v) is 2.57. The zero-order valence-electron chi connectivity index (χ0n) is 13.9. The topological polar surface area (TPSA) is 59.1 Å². The molecule has 3 aromatic rings. The van der Waals surface area contributed by atoms with Crippen LogP contribution >= 0.6 is 15.9 Å². The van der Waals surface area contributed by atoms with Gasteiger partial charge in [-0.15, -0.1) is 0 Å². The lowest BCUT2D eigenvalue weighted by Gasteiger charge is -2.09. The number of hydrogen-bond acceptors (Lipinski definition) is 5. The fraction of sp³-hybridized carbons (Fsp3) is 0.158. The smallest absolute Gasteiger partial charge is 0.229 e. The van der Waals surface area contributed by atoms with E-state index in [1.54, 1.807) is 13.3 Å². The Bertz CT molecular complexity index is 806. The predicted octanol–water partition coefficient (Wildman–Crippen LogP) is 4.65. The van der Waals surface area contributed by atoms with Crippen molar-refractivity contribution in [3.8, 4) is 5.75 Å². The molecule has 0 atom stereocenters. The van der Waals surface area contributed by atoms with Gasteiger partial charge in [0.15, 0.2) is 0 Å². The SMILES string of the molecule is COc1ccc(CCNc2ccnc(Nc3ccc(Br)cc3)n2)cc1. The van der Waals surface area contributed by atoms with Gasteiger partial charge < -0.3 is 15.4 Å². The van der Waals surface area contributed by atoms with Crippen LogP contribution in [0.25, 0.3) is 0 Å². The Hall–Kier alpha value is -2.60. The van der Waals surface area contributed by atoms with Crippen LogP contribution in [0.1, 0.15) is 5.56 Å². The van der Waals surface area contributed by atoms with Crippen LogP contribution in [0.2, 0.25) is 0 Å². The van der Waals surface area contributed by atoms with Gasteiger partial charge in [0.2, 0.25) is 5.95 Å². The van der Waals surface area contributed by atoms with Gasteiger partial charge in [-0.25, -0.2) is 4.98 Å². The minimum Gasteiger partial charge on any atom is -0.497 e. The molecule has 0 saturated heterocycles. The fourth-order valence-electron chi connectivity index (χ4n) is 2.31. The summed E-state index contributed by atoms with van der Waals surface area (Å²) in [5.74, 6) is 2.23. The van der Waals surface area contributed by atoms with Gasteiger partial charge in [-0.05, 0) is 54.4 Å². The van der Waals surface area contributed by atoms with Crippen LogP contribution in [0.5, 0.6) is 5.75 Å². The van der Waals surface area contributed by atoms with E-state index in [-0.39, 0.29) is 0 Å². The van der Waals surface area contributed by atoms with Crippen molar-refractivity contribution < 1.29 is 4.74 Å². The monoisotopic (exact) mass is 398 g/mol. The quantitative estimate of drug-likeness (QED) is 0.606. The molecule has 1 aromatic heterocycles. The molecule has 2 aromatic carbocycles. The molecule has 0 saturated carbocycles. The summed E-state index contributed by atoms with van der Waals surface area (Å²) in [7, 11) is 1.67. The largest absolute Gasteiger partial charge is 0.497 e. The zero-order valence-corrected chi connectivity index (χ0v) is 15.5. The van der Waals surface area contributed by atoms with Crippen molar-refractivity contribution in [2.75, 3.05) is 24.3 Å². The third kappa shape index (κ3) is 5.19. The number of halogens is 1. The van der Waals surface area contributed by atoms with Crippen molar-refractivity contribution in [2.24, 2.45) is 0 Å². The van der Waals surface area contributed by atoms with Crippen molar-refractivity contribution in [1.29, 1.82) is 0 Å². The molecule has 0 aliphatic heterocycles. The van der Waals surface area contributed by atoms with Gasteiger partial charge in [-0.2, -0.15) is 4.98 Å². The van der Waals surface area contributed by atoms with Crippen LogP contribution in [0.15, 0.2) is 65.3 Å². The molecule has 0 amide bonds. The summed E-state index contributed by atoms with van der Waals surface area (Å²) in [5.41, 5.74) is 2.19. The third-order valence-electron chi connectivity index (χ3n) is 3.63. The summed E-state index contributed by atoms with van der Waals surface area (Å²) < 4.78 is 6.20. The molecule has 3 rings (SSSR count). The first-order valence-electron chi connectivity index (χ1n) is 7.95. The molecule has 0 spiro atoms. The highest BCUT2D eigenvalue weighted by atomic mass is 79.9. The van der Waals surface area contributed by atoms with E-state index >= 15 is 0 Å². The lowest BCUT2D eigenvalue weighted by atomic mass is 10.1. The van der Waals surface area contributed by atoms with Gasteiger partial charge in [0.25, 0.3) is 0 Å². The maximum Gasteiger partial charge on any atom is 0.229 e. The second-order valence-electron chi connectivity index (χ2n) is 5.42. The molecule has 128 valence electrons. The number of rotatable bonds is 7. The van der Waals surface area contributed by atoms with Gasteiger partial charge in [0.1, 0.15) is 11.6 Å². The van der Waals surface area contributed by atoms with E-state index < -0.39 is 0 Å². The van der Waals surface area contributed by atoms with Crippen molar-refractivity contribution in [1.82, 2.24) is 9.97 Å². The second kappa shape index (κ2) is 8.48. The highest BCUT2D eigenvalue weighted by molar-refractivity contribution is 9.10. The summed E-state index contributed by atoms with van der Waals surface area (Å²) in [4.78, 5) is 8.74. The molecule has 0 bridgehead atoms. The molecule has 0 aliphatic rings. The number of anilines is 3. The Labute approximate surface area is 155 Å². The van der Waals surface area contributed by atoms with E-state index in [0.717, 1.165) is 34.7 Å². The highest BCUT2D eigenvalue weighted by Crippen LogP contribution is 2.18. The number of ether oxygens (including phenoxy) is 1. The van der Waals surface area contributed by atoms with E-state index in [1.165, 1.54) is 5.56 Å². The van der Waals surface area contributed by atoms with Crippen LogP contribution in [-0.2, 0) is 6.42 Å². The van der Waals surface area contributed by atoms with Crippen LogP contribution in [0, 0.1) is 0 Å². The van der Waals surface area contributed by atoms with Gasteiger partial charge >= 0.3 is 0 Å². The number of benzene rings is 2. The molecule has 1 heterocycles.